The van der Waals surface area contributed by atoms with E-state index >= 15 is 0 Å². The van der Waals surface area contributed by atoms with Crippen LogP contribution in [0.3, 0.4) is 0 Å². The molecule has 1 heterocycles. The summed E-state index contributed by atoms with van der Waals surface area (Å²) in [4.78, 5) is 38.6. The van der Waals surface area contributed by atoms with Gasteiger partial charge in [-0.3, -0.25) is 4.79 Å². The van der Waals surface area contributed by atoms with Crippen molar-refractivity contribution >= 4 is 40.2 Å². The number of thiazole rings is 1. The SMILES string of the molecule is CC(=O)Nc1nc(CNc2ccc(CNC(=O)NNC(=O)OC(C)(C)C)cc2)cs1. The van der Waals surface area contributed by atoms with E-state index in [9.17, 15) is 14.4 Å². The van der Waals surface area contributed by atoms with E-state index in [4.69, 9.17) is 4.74 Å². The first-order valence-electron chi connectivity index (χ1n) is 9.18. The van der Waals surface area contributed by atoms with E-state index in [1.807, 2.05) is 29.6 Å². The lowest BCUT2D eigenvalue weighted by atomic mass is 10.2. The maximum absolute atomic E-state index is 11.7. The second kappa shape index (κ2) is 10.4. The predicted molar refractivity (Wildman–Crippen MR) is 115 cm³/mol. The molecule has 1 aromatic carbocycles. The predicted octanol–water partition coefficient (Wildman–Crippen LogP) is 2.95. The molecule has 162 valence electrons. The number of hydrogen-bond acceptors (Lipinski definition) is 7. The van der Waals surface area contributed by atoms with Gasteiger partial charge in [0.15, 0.2) is 5.13 Å². The summed E-state index contributed by atoms with van der Waals surface area (Å²) in [6.45, 7) is 7.43. The van der Waals surface area contributed by atoms with Crippen molar-refractivity contribution < 1.29 is 19.1 Å². The minimum atomic E-state index is -0.739. The number of carbonyl (C=O) groups is 3. The summed E-state index contributed by atoms with van der Waals surface area (Å²) in [6, 6.07) is 6.95. The number of nitrogens with zero attached hydrogens (tertiary/aromatic N) is 1. The summed E-state index contributed by atoms with van der Waals surface area (Å²) < 4.78 is 5.02. The molecule has 0 aliphatic heterocycles. The highest BCUT2D eigenvalue weighted by Crippen LogP contribution is 2.17. The first-order valence-corrected chi connectivity index (χ1v) is 10.1. The Hall–Kier alpha value is -3.34. The quantitative estimate of drug-likeness (QED) is 0.444. The van der Waals surface area contributed by atoms with Crippen LogP contribution in [0.25, 0.3) is 0 Å². The lowest BCUT2D eigenvalue weighted by Crippen LogP contribution is -2.48. The standard InChI is InChI=1S/C19H26N6O4S/c1-12(26)22-17-23-15(11-30-17)10-20-14-7-5-13(6-8-14)9-21-16(27)24-25-18(28)29-19(2,3)4/h5-8,11,20H,9-10H2,1-4H3,(H,25,28)(H2,21,24,27)(H,22,23,26). The van der Waals surface area contributed by atoms with Gasteiger partial charge in [-0.15, -0.1) is 11.3 Å². The van der Waals surface area contributed by atoms with Crippen LogP contribution in [0.2, 0.25) is 0 Å². The van der Waals surface area contributed by atoms with Gasteiger partial charge in [0.1, 0.15) is 5.60 Å². The number of rotatable bonds is 6. The van der Waals surface area contributed by atoms with Crippen LogP contribution in [0.5, 0.6) is 0 Å². The lowest BCUT2D eigenvalue weighted by Gasteiger charge is -2.19. The van der Waals surface area contributed by atoms with Gasteiger partial charge in [-0.2, -0.15) is 0 Å². The summed E-state index contributed by atoms with van der Waals surface area (Å²) in [5.41, 5.74) is 6.34. The zero-order valence-electron chi connectivity index (χ0n) is 17.3. The fourth-order valence-corrected chi connectivity index (χ4v) is 2.92. The van der Waals surface area contributed by atoms with Crippen molar-refractivity contribution in [2.45, 2.75) is 46.4 Å². The molecule has 0 aliphatic carbocycles. The van der Waals surface area contributed by atoms with E-state index in [-0.39, 0.29) is 12.5 Å². The van der Waals surface area contributed by atoms with Crippen LogP contribution in [0.1, 0.15) is 39.0 Å². The average molecular weight is 435 g/mol. The van der Waals surface area contributed by atoms with Crippen LogP contribution >= 0.6 is 11.3 Å². The molecule has 0 bridgehead atoms. The van der Waals surface area contributed by atoms with Crippen LogP contribution in [0, 0.1) is 0 Å². The lowest BCUT2D eigenvalue weighted by molar-refractivity contribution is -0.114. The largest absolute Gasteiger partial charge is 0.443 e. The van der Waals surface area contributed by atoms with Gasteiger partial charge in [-0.25, -0.2) is 25.4 Å². The number of amides is 4. The molecule has 0 radical (unpaired) electrons. The monoisotopic (exact) mass is 434 g/mol. The van der Waals surface area contributed by atoms with Crippen molar-refractivity contribution in [3.8, 4) is 0 Å². The number of urea groups is 1. The molecule has 0 unspecified atom stereocenters. The van der Waals surface area contributed by atoms with Gasteiger partial charge in [-0.05, 0) is 38.5 Å². The Balaban J connectivity index is 1.71. The highest BCUT2D eigenvalue weighted by molar-refractivity contribution is 7.13. The minimum Gasteiger partial charge on any atom is -0.443 e. The molecule has 0 fully saturated rings. The summed E-state index contributed by atoms with van der Waals surface area (Å²) >= 11 is 1.37. The zero-order valence-corrected chi connectivity index (χ0v) is 18.1. The normalized spacial score (nSPS) is 10.7. The Morgan fingerprint density at radius 1 is 1.07 bits per heavy atom. The van der Waals surface area contributed by atoms with Crippen LogP contribution in [0.4, 0.5) is 20.4 Å². The van der Waals surface area contributed by atoms with Crippen molar-refractivity contribution in [2.75, 3.05) is 10.6 Å². The first kappa shape index (κ1) is 22.9. The molecule has 4 amide bonds. The molecule has 0 atom stereocenters. The number of benzene rings is 1. The Morgan fingerprint density at radius 2 is 1.77 bits per heavy atom. The van der Waals surface area contributed by atoms with Crippen LogP contribution in [0.15, 0.2) is 29.6 Å². The molecule has 0 spiro atoms. The van der Waals surface area contributed by atoms with Gasteiger partial charge in [0.25, 0.3) is 0 Å². The van der Waals surface area contributed by atoms with Crippen molar-refractivity contribution in [2.24, 2.45) is 0 Å². The molecule has 10 nitrogen and oxygen atoms in total. The van der Waals surface area contributed by atoms with Crippen LogP contribution in [-0.2, 0) is 22.6 Å². The summed E-state index contributed by atoms with van der Waals surface area (Å²) in [5, 5.41) is 11.0. The fourth-order valence-electron chi connectivity index (χ4n) is 2.17. The molecule has 0 saturated heterocycles. The molecule has 2 rings (SSSR count). The van der Waals surface area contributed by atoms with E-state index in [2.05, 4.69) is 31.8 Å². The number of aromatic nitrogens is 1. The maximum Gasteiger partial charge on any atom is 0.426 e. The second-order valence-electron chi connectivity index (χ2n) is 7.31. The van der Waals surface area contributed by atoms with Gasteiger partial charge >= 0.3 is 12.1 Å². The Bertz CT molecular complexity index is 876. The summed E-state index contributed by atoms with van der Waals surface area (Å²) in [5.74, 6) is -0.151. The molecule has 11 heteroatoms. The smallest absolute Gasteiger partial charge is 0.426 e. The van der Waals surface area contributed by atoms with Gasteiger partial charge < -0.3 is 20.7 Å². The molecular formula is C19H26N6O4S. The topological polar surface area (TPSA) is 133 Å². The third kappa shape index (κ3) is 8.78. The number of hydrogen-bond donors (Lipinski definition) is 5. The number of nitrogens with one attached hydrogen (secondary N) is 5. The summed E-state index contributed by atoms with van der Waals surface area (Å²) in [7, 11) is 0. The van der Waals surface area contributed by atoms with Crippen LogP contribution < -0.4 is 26.8 Å². The fraction of sp³-hybridized carbons (Fsp3) is 0.368. The Kier molecular flexibility index (Phi) is 7.98. The Morgan fingerprint density at radius 3 is 2.40 bits per heavy atom. The van der Waals surface area contributed by atoms with Gasteiger partial charge in [0.05, 0.1) is 12.2 Å². The maximum atomic E-state index is 11.7. The van der Waals surface area contributed by atoms with Crippen molar-refractivity contribution in [1.82, 2.24) is 21.2 Å². The third-order valence-electron chi connectivity index (χ3n) is 3.39. The number of hydrazine groups is 1. The Labute approximate surface area is 178 Å². The van der Waals surface area contributed by atoms with Gasteiger partial charge in [0.2, 0.25) is 5.91 Å². The highest BCUT2D eigenvalue weighted by Gasteiger charge is 2.16. The van der Waals surface area contributed by atoms with Crippen molar-refractivity contribution in [3.05, 3.63) is 40.9 Å². The van der Waals surface area contributed by atoms with Crippen molar-refractivity contribution in [3.63, 3.8) is 0 Å². The van der Waals surface area contributed by atoms with Crippen molar-refractivity contribution in [1.29, 1.82) is 0 Å². The van der Waals surface area contributed by atoms with E-state index < -0.39 is 17.7 Å². The molecule has 0 aliphatic rings. The second-order valence-corrected chi connectivity index (χ2v) is 8.17. The van der Waals surface area contributed by atoms with Gasteiger partial charge in [0, 0.05) is 24.5 Å². The van der Waals surface area contributed by atoms with Gasteiger partial charge in [-0.1, -0.05) is 12.1 Å². The van der Waals surface area contributed by atoms with E-state index in [1.54, 1.807) is 20.8 Å². The molecule has 2 aromatic rings. The molecule has 1 aromatic heterocycles. The average Bonchev–Trinajstić information content (AvgIpc) is 3.09. The van der Waals surface area contributed by atoms with E-state index in [0.717, 1.165) is 16.9 Å². The zero-order chi connectivity index (χ0) is 22.1. The number of anilines is 2. The van der Waals surface area contributed by atoms with E-state index in [0.29, 0.717) is 11.7 Å². The number of ether oxygens (including phenoxy) is 1. The minimum absolute atomic E-state index is 0.151. The third-order valence-corrected chi connectivity index (χ3v) is 4.20. The molecule has 0 saturated carbocycles. The first-order chi connectivity index (χ1) is 14.1. The van der Waals surface area contributed by atoms with E-state index in [1.165, 1.54) is 18.3 Å². The molecule has 30 heavy (non-hydrogen) atoms. The molecular weight excluding hydrogens is 408 g/mol. The summed E-state index contributed by atoms with van der Waals surface area (Å²) in [6.07, 6.45) is -0.739. The highest BCUT2D eigenvalue weighted by atomic mass is 32.1. The molecule has 5 N–H and O–H groups in total. The van der Waals surface area contributed by atoms with Crippen LogP contribution in [-0.4, -0.2) is 28.6 Å². The number of carbonyl (C=O) groups excluding carboxylic acids is 3.